The predicted octanol–water partition coefficient (Wildman–Crippen LogP) is 1.34. The van der Waals surface area contributed by atoms with Gasteiger partial charge in [0.15, 0.2) is 0 Å². The first kappa shape index (κ1) is 10.2. The van der Waals surface area contributed by atoms with E-state index in [1.54, 1.807) is 31.2 Å². The number of amides is 1. The Hall–Kier alpha value is -1.91. The number of carbonyl (C=O) groups excluding carboxylic acids is 1. The third-order valence-electron chi connectivity index (χ3n) is 1.50. The zero-order valence-electron chi connectivity index (χ0n) is 7.91. The van der Waals surface area contributed by atoms with Gasteiger partial charge in [-0.1, -0.05) is 0 Å². The van der Waals surface area contributed by atoms with Crippen molar-refractivity contribution in [1.29, 1.82) is 0 Å². The van der Waals surface area contributed by atoms with E-state index in [4.69, 9.17) is 5.73 Å². The maximum atomic E-state index is 10.9. The van der Waals surface area contributed by atoms with Gasteiger partial charge in [0.2, 0.25) is 0 Å². The molecule has 4 N–H and O–H groups in total. The number of hydrogen-bond acceptors (Lipinski definition) is 4. The second kappa shape index (κ2) is 4.96. The fourth-order valence-corrected chi connectivity index (χ4v) is 0.857. The van der Waals surface area contributed by atoms with Crippen molar-refractivity contribution in [3.05, 3.63) is 24.3 Å². The van der Waals surface area contributed by atoms with Gasteiger partial charge in [-0.15, -0.1) is 0 Å². The molecule has 1 aromatic carbocycles. The molecule has 14 heavy (non-hydrogen) atoms. The van der Waals surface area contributed by atoms with Crippen molar-refractivity contribution in [3.63, 3.8) is 0 Å². The van der Waals surface area contributed by atoms with E-state index in [1.807, 2.05) is 0 Å². The van der Waals surface area contributed by atoms with Crippen LogP contribution in [0.1, 0.15) is 6.92 Å². The second-order valence-corrected chi connectivity index (χ2v) is 2.59. The van der Waals surface area contributed by atoms with Crippen molar-refractivity contribution in [2.24, 2.45) is 0 Å². The Bertz CT molecular complexity index is 297. The number of nitrogen functional groups attached to an aromatic ring is 1. The van der Waals surface area contributed by atoms with Crippen molar-refractivity contribution in [1.82, 2.24) is 5.43 Å². The number of hydrogen-bond donors (Lipinski definition) is 3. The molecule has 76 valence electrons. The quantitative estimate of drug-likeness (QED) is 0.502. The number of anilines is 2. The molecule has 0 unspecified atom stereocenters. The smallest absolute Gasteiger partial charge is 0.425 e. The highest BCUT2D eigenvalue weighted by molar-refractivity contribution is 5.69. The van der Waals surface area contributed by atoms with Gasteiger partial charge in [0.25, 0.3) is 0 Å². The van der Waals surface area contributed by atoms with Crippen LogP contribution >= 0.6 is 0 Å². The summed E-state index contributed by atoms with van der Waals surface area (Å²) in [7, 11) is 0. The van der Waals surface area contributed by atoms with Gasteiger partial charge in [-0.25, -0.2) is 10.2 Å². The van der Waals surface area contributed by atoms with Crippen LogP contribution in [0.2, 0.25) is 0 Å². The zero-order chi connectivity index (χ0) is 10.4. The topological polar surface area (TPSA) is 76.4 Å². The molecule has 0 atom stereocenters. The van der Waals surface area contributed by atoms with Crippen molar-refractivity contribution >= 4 is 17.5 Å². The molecule has 0 aromatic heterocycles. The molecule has 0 spiro atoms. The van der Waals surface area contributed by atoms with Gasteiger partial charge in [0, 0.05) is 5.69 Å². The Morgan fingerprint density at radius 3 is 2.64 bits per heavy atom. The van der Waals surface area contributed by atoms with Gasteiger partial charge in [-0.05, 0) is 31.2 Å². The molecule has 1 aromatic rings. The van der Waals surface area contributed by atoms with Crippen LogP contribution in [0.4, 0.5) is 16.2 Å². The Morgan fingerprint density at radius 1 is 1.43 bits per heavy atom. The second-order valence-electron chi connectivity index (χ2n) is 2.59. The molecule has 0 aliphatic heterocycles. The van der Waals surface area contributed by atoms with E-state index in [1.165, 1.54) is 0 Å². The number of hydrazine groups is 1. The van der Waals surface area contributed by atoms with Gasteiger partial charge in [-0.2, -0.15) is 0 Å². The molecule has 1 amide bonds. The summed E-state index contributed by atoms with van der Waals surface area (Å²) in [6, 6.07) is 6.97. The first-order chi connectivity index (χ1) is 6.72. The molecule has 0 fully saturated rings. The minimum atomic E-state index is -0.510. The summed E-state index contributed by atoms with van der Waals surface area (Å²) in [6.45, 7) is 2.08. The maximum Gasteiger partial charge on any atom is 0.425 e. The molecule has 5 heteroatoms. The van der Waals surface area contributed by atoms with E-state index in [0.717, 1.165) is 5.69 Å². The lowest BCUT2D eigenvalue weighted by Gasteiger charge is -2.07. The molecule has 0 aliphatic carbocycles. The average molecular weight is 195 g/mol. The molecule has 0 bridgehead atoms. The number of ether oxygens (including phenoxy) is 1. The molecule has 0 saturated heterocycles. The Morgan fingerprint density at radius 2 is 2.07 bits per heavy atom. The number of carbonyl (C=O) groups is 1. The Labute approximate surface area is 82.2 Å². The van der Waals surface area contributed by atoms with Gasteiger partial charge in [-0.3, -0.25) is 5.43 Å². The highest BCUT2D eigenvalue weighted by Gasteiger charge is 1.97. The molecule has 0 heterocycles. The highest BCUT2D eigenvalue weighted by Crippen LogP contribution is 2.08. The van der Waals surface area contributed by atoms with E-state index in [-0.39, 0.29) is 0 Å². The van der Waals surface area contributed by atoms with Crippen LogP contribution in [-0.4, -0.2) is 12.7 Å². The summed E-state index contributed by atoms with van der Waals surface area (Å²) < 4.78 is 4.65. The fraction of sp³-hybridized carbons (Fsp3) is 0.222. The van der Waals surface area contributed by atoms with Gasteiger partial charge < -0.3 is 10.5 Å². The molecular weight excluding hydrogens is 182 g/mol. The average Bonchev–Trinajstić information content (AvgIpc) is 2.17. The number of rotatable bonds is 3. The van der Waals surface area contributed by atoms with Crippen LogP contribution in [0.5, 0.6) is 0 Å². The standard InChI is InChI=1S/C9H13N3O2/c1-2-14-9(13)12-11-8-5-3-7(10)4-6-8/h3-6,11H,2,10H2,1H3,(H,12,13). The highest BCUT2D eigenvalue weighted by atomic mass is 16.5. The predicted molar refractivity (Wildman–Crippen MR) is 54.6 cm³/mol. The third kappa shape index (κ3) is 3.22. The van der Waals surface area contributed by atoms with Crippen LogP contribution in [0.25, 0.3) is 0 Å². The van der Waals surface area contributed by atoms with Crippen LogP contribution in [0.15, 0.2) is 24.3 Å². The summed E-state index contributed by atoms with van der Waals surface area (Å²) in [4.78, 5) is 10.9. The lowest BCUT2D eigenvalue weighted by Crippen LogP contribution is -2.29. The first-order valence-corrected chi connectivity index (χ1v) is 4.26. The van der Waals surface area contributed by atoms with Crippen LogP contribution in [0, 0.1) is 0 Å². The Kier molecular flexibility index (Phi) is 3.60. The molecule has 5 nitrogen and oxygen atoms in total. The van der Waals surface area contributed by atoms with Crippen molar-refractivity contribution in [3.8, 4) is 0 Å². The van der Waals surface area contributed by atoms with E-state index in [2.05, 4.69) is 15.6 Å². The van der Waals surface area contributed by atoms with E-state index < -0.39 is 6.09 Å². The maximum absolute atomic E-state index is 10.9. The fourth-order valence-electron chi connectivity index (χ4n) is 0.857. The molecule has 0 aliphatic rings. The molecular formula is C9H13N3O2. The summed E-state index contributed by atoms with van der Waals surface area (Å²) in [5.41, 5.74) is 11.9. The van der Waals surface area contributed by atoms with Crippen LogP contribution < -0.4 is 16.6 Å². The number of nitrogens with one attached hydrogen (secondary N) is 2. The van der Waals surface area contributed by atoms with E-state index in [0.29, 0.717) is 12.3 Å². The third-order valence-corrected chi connectivity index (χ3v) is 1.50. The van der Waals surface area contributed by atoms with Gasteiger partial charge in [0.1, 0.15) is 0 Å². The zero-order valence-corrected chi connectivity index (χ0v) is 7.91. The number of benzene rings is 1. The summed E-state index contributed by atoms with van der Waals surface area (Å²) in [6.07, 6.45) is -0.510. The van der Waals surface area contributed by atoms with E-state index in [9.17, 15) is 4.79 Å². The van der Waals surface area contributed by atoms with Crippen molar-refractivity contribution < 1.29 is 9.53 Å². The van der Waals surface area contributed by atoms with E-state index >= 15 is 0 Å². The largest absolute Gasteiger partial charge is 0.449 e. The van der Waals surface area contributed by atoms with Crippen molar-refractivity contribution in [2.45, 2.75) is 6.92 Å². The van der Waals surface area contributed by atoms with Gasteiger partial charge in [0.05, 0.1) is 12.3 Å². The first-order valence-electron chi connectivity index (χ1n) is 4.26. The summed E-state index contributed by atoms with van der Waals surface area (Å²) >= 11 is 0. The molecule has 0 saturated carbocycles. The monoisotopic (exact) mass is 195 g/mol. The SMILES string of the molecule is CCOC(=O)NNc1ccc(N)cc1. The van der Waals surface area contributed by atoms with Crippen molar-refractivity contribution in [2.75, 3.05) is 17.8 Å². The Balaban J connectivity index is 2.38. The summed E-state index contributed by atoms with van der Waals surface area (Å²) in [5.74, 6) is 0. The van der Waals surface area contributed by atoms with Crippen LogP contribution in [0.3, 0.4) is 0 Å². The lowest BCUT2D eigenvalue weighted by molar-refractivity contribution is 0.154. The molecule has 0 radical (unpaired) electrons. The number of nitrogens with two attached hydrogens (primary N) is 1. The summed E-state index contributed by atoms with van der Waals surface area (Å²) in [5, 5.41) is 0. The lowest BCUT2D eigenvalue weighted by atomic mass is 10.3. The van der Waals surface area contributed by atoms with Gasteiger partial charge >= 0.3 is 6.09 Å². The molecule has 1 rings (SSSR count). The van der Waals surface area contributed by atoms with Crippen LogP contribution in [-0.2, 0) is 4.74 Å². The minimum absolute atomic E-state index is 0.343. The minimum Gasteiger partial charge on any atom is -0.449 e. The normalized spacial score (nSPS) is 9.21.